The Morgan fingerprint density at radius 3 is 2.02 bits per heavy atom. The third kappa shape index (κ3) is 11.7. The second kappa shape index (κ2) is 16.5. The Morgan fingerprint density at radius 2 is 1.48 bits per heavy atom. The first-order valence-corrected chi connectivity index (χ1v) is 16.0. The average Bonchev–Trinajstić information content (AvgIpc) is 2.93. The maximum absolute atomic E-state index is 14.5. The maximum atomic E-state index is 14.5. The second-order valence-corrected chi connectivity index (χ2v) is 14.0. The van der Waals surface area contributed by atoms with Crippen molar-refractivity contribution in [3.05, 3.63) is 65.2 Å². The van der Waals surface area contributed by atoms with Gasteiger partial charge in [0.25, 0.3) is 0 Å². The van der Waals surface area contributed by atoms with Gasteiger partial charge in [-0.15, -0.1) is 0 Å². The molecule has 46 heavy (non-hydrogen) atoms. The monoisotopic (exact) mass is 639 g/mol. The van der Waals surface area contributed by atoms with Crippen molar-refractivity contribution in [3.8, 4) is 5.75 Å². The Hall–Kier alpha value is -4.08. The summed E-state index contributed by atoms with van der Waals surface area (Å²) in [5.41, 5.74) is -0.0926. The first-order valence-electron chi connectivity index (χ1n) is 16.0. The van der Waals surface area contributed by atoms with Gasteiger partial charge in [0.2, 0.25) is 11.8 Å². The van der Waals surface area contributed by atoms with E-state index >= 15 is 0 Å². The number of rotatable bonds is 13. The van der Waals surface area contributed by atoms with Crippen LogP contribution in [0.4, 0.5) is 4.79 Å². The fourth-order valence-electron chi connectivity index (χ4n) is 4.84. The molecule has 0 aromatic heterocycles. The predicted octanol–water partition coefficient (Wildman–Crippen LogP) is 5.99. The van der Waals surface area contributed by atoms with Crippen LogP contribution in [0.5, 0.6) is 5.75 Å². The number of aryl methyl sites for hydroxylation is 1. The first-order chi connectivity index (χ1) is 21.3. The van der Waals surface area contributed by atoms with Gasteiger partial charge in [0.1, 0.15) is 35.1 Å². The molecular formula is C36H53N3O7. The molecule has 10 heteroatoms. The van der Waals surface area contributed by atoms with Gasteiger partial charge in [-0.1, -0.05) is 75.7 Å². The van der Waals surface area contributed by atoms with Crippen LogP contribution in [0, 0.1) is 12.8 Å². The molecule has 0 aliphatic rings. The summed E-state index contributed by atoms with van der Waals surface area (Å²) in [5.74, 6) is -2.33. The number of hydrogen-bond acceptors (Lipinski definition) is 7. The maximum Gasteiger partial charge on any atom is 0.408 e. The minimum absolute atomic E-state index is 0.143. The Bertz CT molecular complexity index is 1330. The normalized spacial score (nSPS) is 13.7. The Morgan fingerprint density at radius 1 is 0.870 bits per heavy atom. The molecule has 3 atom stereocenters. The number of aromatic hydroxyl groups is 1. The van der Waals surface area contributed by atoms with Crippen molar-refractivity contribution < 1.29 is 33.8 Å². The lowest BCUT2D eigenvalue weighted by Crippen LogP contribution is -2.56. The van der Waals surface area contributed by atoms with E-state index in [9.17, 15) is 24.3 Å². The molecule has 0 aliphatic heterocycles. The summed E-state index contributed by atoms with van der Waals surface area (Å²) in [6.45, 7) is 17.8. The zero-order valence-corrected chi connectivity index (χ0v) is 29.1. The van der Waals surface area contributed by atoms with Crippen LogP contribution < -0.4 is 10.6 Å². The molecule has 0 heterocycles. The van der Waals surface area contributed by atoms with Crippen LogP contribution in [0.15, 0.2) is 48.5 Å². The molecule has 0 bridgehead atoms. The van der Waals surface area contributed by atoms with Crippen molar-refractivity contribution in [2.45, 2.75) is 118 Å². The lowest BCUT2D eigenvalue weighted by Gasteiger charge is -2.36. The van der Waals surface area contributed by atoms with Crippen molar-refractivity contribution in [1.29, 1.82) is 0 Å². The molecule has 10 nitrogen and oxygen atoms in total. The van der Waals surface area contributed by atoms with Crippen molar-refractivity contribution in [3.63, 3.8) is 0 Å². The summed E-state index contributed by atoms with van der Waals surface area (Å²) in [6.07, 6.45) is 0.630. The van der Waals surface area contributed by atoms with E-state index in [0.717, 1.165) is 5.56 Å². The fraction of sp³-hybridized carbons (Fsp3) is 0.556. The standard InChI is InChI=1S/C36H53N3O7/c1-11-12-21-39(32(42)28(23(2)3)38-34(44)46-36(8,9)10)29(26-20-16-17-24(4)30(26)40)31(41)37-27(33(43)45-35(5,6)7)22-25-18-14-13-15-19-25/h13-20,23,27-29,40H,11-12,21-22H2,1-10H3,(H,37,41)(H,38,44). The summed E-state index contributed by atoms with van der Waals surface area (Å²) in [7, 11) is 0. The molecule has 0 aliphatic carbocycles. The molecule has 2 aromatic rings. The van der Waals surface area contributed by atoms with E-state index in [0.29, 0.717) is 18.4 Å². The number of alkyl carbamates (subject to hydrolysis) is 1. The molecule has 3 N–H and O–H groups in total. The second-order valence-electron chi connectivity index (χ2n) is 14.0. The number of esters is 1. The number of amides is 3. The highest BCUT2D eigenvalue weighted by Gasteiger charge is 2.40. The van der Waals surface area contributed by atoms with Gasteiger partial charge in [0, 0.05) is 18.5 Å². The molecule has 0 saturated carbocycles. The number of ether oxygens (including phenoxy) is 2. The van der Waals surface area contributed by atoms with Gasteiger partial charge in [-0.3, -0.25) is 9.59 Å². The number of para-hydroxylation sites is 1. The van der Waals surface area contributed by atoms with Crippen LogP contribution in [-0.4, -0.2) is 63.7 Å². The summed E-state index contributed by atoms with van der Waals surface area (Å²) in [5, 5.41) is 16.8. The van der Waals surface area contributed by atoms with E-state index in [1.807, 2.05) is 37.3 Å². The number of phenolic OH excluding ortho intramolecular Hbond substituents is 1. The Balaban J connectivity index is 2.65. The fourth-order valence-corrected chi connectivity index (χ4v) is 4.84. The van der Waals surface area contributed by atoms with Crippen LogP contribution in [0.25, 0.3) is 0 Å². The summed E-state index contributed by atoms with van der Waals surface area (Å²) in [4.78, 5) is 56.5. The lowest BCUT2D eigenvalue weighted by molar-refractivity contribution is -0.159. The quantitative estimate of drug-likeness (QED) is 0.229. The molecule has 0 radical (unpaired) electrons. The Labute approximate surface area is 274 Å². The van der Waals surface area contributed by atoms with Gasteiger partial charge < -0.3 is 30.1 Å². The van der Waals surface area contributed by atoms with Crippen molar-refractivity contribution in [1.82, 2.24) is 15.5 Å². The van der Waals surface area contributed by atoms with Gasteiger partial charge in [-0.25, -0.2) is 9.59 Å². The van der Waals surface area contributed by atoms with Gasteiger partial charge in [-0.05, 0) is 71.9 Å². The number of carbonyl (C=O) groups excluding carboxylic acids is 4. The molecule has 0 saturated heterocycles. The van der Waals surface area contributed by atoms with Crippen LogP contribution in [-0.2, 0) is 30.3 Å². The smallest absolute Gasteiger partial charge is 0.408 e. The molecule has 254 valence electrons. The first kappa shape index (κ1) is 38.1. The van der Waals surface area contributed by atoms with Crippen molar-refractivity contribution in [2.75, 3.05) is 6.54 Å². The van der Waals surface area contributed by atoms with Gasteiger partial charge in [-0.2, -0.15) is 0 Å². The minimum atomic E-state index is -1.33. The molecule has 0 spiro atoms. The van der Waals surface area contributed by atoms with E-state index < -0.39 is 53.2 Å². The highest BCUT2D eigenvalue weighted by Crippen LogP contribution is 2.33. The molecule has 3 amide bonds. The van der Waals surface area contributed by atoms with Crippen molar-refractivity contribution in [2.24, 2.45) is 5.92 Å². The van der Waals surface area contributed by atoms with Crippen LogP contribution in [0.1, 0.15) is 97.9 Å². The third-order valence-corrected chi connectivity index (χ3v) is 7.05. The number of nitrogens with zero attached hydrogens (tertiary/aromatic N) is 1. The minimum Gasteiger partial charge on any atom is -0.507 e. The van der Waals surface area contributed by atoms with Gasteiger partial charge in [0.05, 0.1) is 0 Å². The SMILES string of the molecule is CCCCN(C(=O)C(NC(=O)OC(C)(C)C)C(C)C)C(C(=O)NC(Cc1ccccc1)C(=O)OC(C)(C)C)c1cccc(C)c1O. The number of benzene rings is 2. The van der Waals surface area contributed by atoms with Crippen LogP contribution in [0.3, 0.4) is 0 Å². The topological polar surface area (TPSA) is 134 Å². The molecule has 3 unspecified atom stereocenters. The largest absolute Gasteiger partial charge is 0.507 e. The highest BCUT2D eigenvalue weighted by molar-refractivity contribution is 5.94. The summed E-state index contributed by atoms with van der Waals surface area (Å²) < 4.78 is 11.1. The molecule has 0 fully saturated rings. The van der Waals surface area contributed by atoms with E-state index in [2.05, 4.69) is 10.6 Å². The third-order valence-electron chi connectivity index (χ3n) is 7.05. The van der Waals surface area contributed by atoms with E-state index in [1.165, 1.54) is 4.90 Å². The van der Waals surface area contributed by atoms with Gasteiger partial charge >= 0.3 is 12.1 Å². The Kier molecular flexibility index (Phi) is 13.6. The molecule has 2 rings (SSSR count). The summed E-state index contributed by atoms with van der Waals surface area (Å²) in [6, 6.07) is 10.7. The molecular weight excluding hydrogens is 586 g/mol. The number of nitrogens with one attached hydrogen (secondary N) is 2. The molecule has 2 aromatic carbocycles. The summed E-state index contributed by atoms with van der Waals surface area (Å²) >= 11 is 0. The zero-order chi connectivity index (χ0) is 34.8. The van der Waals surface area contributed by atoms with E-state index in [4.69, 9.17) is 9.47 Å². The van der Waals surface area contributed by atoms with Crippen molar-refractivity contribution >= 4 is 23.9 Å². The van der Waals surface area contributed by atoms with E-state index in [-0.39, 0.29) is 30.2 Å². The number of phenols is 1. The van der Waals surface area contributed by atoms with Crippen LogP contribution >= 0.6 is 0 Å². The average molecular weight is 640 g/mol. The van der Waals surface area contributed by atoms with Crippen LogP contribution in [0.2, 0.25) is 0 Å². The number of carbonyl (C=O) groups is 4. The van der Waals surface area contributed by atoms with E-state index in [1.54, 1.807) is 80.5 Å². The van der Waals surface area contributed by atoms with Gasteiger partial charge in [0.15, 0.2) is 0 Å². The predicted molar refractivity (Wildman–Crippen MR) is 178 cm³/mol. The highest BCUT2D eigenvalue weighted by atomic mass is 16.6. The zero-order valence-electron chi connectivity index (χ0n) is 29.1. The number of unbranched alkanes of at least 4 members (excludes halogenated alkanes) is 1. The lowest BCUT2D eigenvalue weighted by atomic mass is 9.96. The number of hydrogen-bond donors (Lipinski definition) is 3.